The third-order valence-electron chi connectivity index (χ3n) is 18.4. The number of benzene rings is 10. The highest BCUT2D eigenvalue weighted by molar-refractivity contribution is 6.16. The molecule has 4 aliphatic rings. The molecule has 0 spiro atoms. The Morgan fingerprint density at radius 1 is 0.459 bits per heavy atom. The van der Waals surface area contributed by atoms with E-state index >= 15 is 0 Å². The molecule has 7 heteroatoms. The van der Waals surface area contributed by atoms with Crippen molar-refractivity contribution in [1.29, 1.82) is 0 Å². The van der Waals surface area contributed by atoms with E-state index in [1.807, 2.05) is 12.1 Å². The number of fused-ring (bicyclic) bond motifs is 15. The maximum atomic E-state index is 7.02. The van der Waals surface area contributed by atoms with Crippen molar-refractivity contribution in [3.63, 3.8) is 0 Å². The Labute approximate surface area is 492 Å². The first kappa shape index (κ1) is 49.6. The first-order chi connectivity index (χ1) is 41.7. The molecule has 3 unspecified atom stereocenters. The minimum Gasteiger partial charge on any atom is -0.485 e. The zero-order chi connectivity index (χ0) is 56.6. The van der Waals surface area contributed by atoms with Crippen molar-refractivity contribution in [3.8, 4) is 33.8 Å². The normalized spacial score (nSPS) is 16.9. The van der Waals surface area contributed by atoms with Crippen LogP contribution >= 0.6 is 0 Å². The van der Waals surface area contributed by atoms with Crippen LogP contribution in [0, 0.1) is 0 Å². The smallest absolute Gasteiger partial charge is 0.159 e. The molecule has 2 aliphatic heterocycles. The number of furan rings is 3. The number of ether oxygens (including phenoxy) is 2. The number of hydrogen-bond acceptors (Lipinski definition) is 7. The average Bonchev–Trinajstić information content (AvgIpc) is 2.13. The highest BCUT2D eigenvalue weighted by Gasteiger charge is 2.38. The Kier molecular flexibility index (Phi) is 11.3. The molecule has 85 heavy (non-hydrogen) atoms. The predicted molar refractivity (Wildman–Crippen MR) is 347 cm³/mol. The van der Waals surface area contributed by atoms with Gasteiger partial charge >= 0.3 is 0 Å². The van der Waals surface area contributed by atoms with Crippen molar-refractivity contribution in [1.82, 2.24) is 0 Å². The summed E-state index contributed by atoms with van der Waals surface area (Å²) in [6.45, 7) is 8.94. The zero-order valence-corrected chi connectivity index (χ0v) is 47.8. The van der Waals surface area contributed by atoms with Crippen molar-refractivity contribution in [2.45, 2.75) is 76.7 Å². The predicted octanol–water partition coefficient (Wildman–Crippen LogP) is 22.1. The summed E-state index contributed by atoms with van der Waals surface area (Å²) in [6.07, 6.45) is 12.2. The molecule has 3 atom stereocenters. The van der Waals surface area contributed by atoms with Crippen LogP contribution < -0.4 is 19.3 Å². The lowest BCUT2D eigenvalue weighted by Crippen LogP contribution is -2.24. The molecule has 0 bridgehead atoms. The third-order valence-corrected chi connectivity index (χ3v) is 18.4. The highest BCUT2D eigenvalue weighted by Crippen LogP contribution is 2.54. The van der Waals surface area contributed by atoms with E-state index < -0.39 is 0 Å². The third kappa shape index (κ3) is 8.08. The molecule has 10 aromatic carbocycles. The number of rotatable bonds is 10. The van der Waals surface area contributed by atoms with Crippen molar-refractivity contribution < 1.29 is 22.7 Å². The van der Waals surface area contributed by atoms with Gasteiger partial charge in [0.1, 0.15) is 45.5 Å². The number of hydrogen-bond donors (Lipinski definition) is 0. The minimum absolute atomic E-state index is 0.00728. The Bertz CT molecular complexity index is 4930. The van der Waals surface area contributed by atoms with Crippen LogP contribution in [0.5, 0.6) is 11.5 Å². The lowest BCUT2D eigenvalue weighted by atomic mass is 9.88. The summed E-state index contributed by atoms with van der Waals surface area (Å²) in [4.78, 5) is 4.63. The molecule has 0 amide bonds. The van der Waals surface area contributed by atoms with Crippen LogP contribution in [0.25, 0.3) is 88.1 Å². The quantitative estimate of drug-likeness (QED) is 0.135. The molecular formula is C78H60N2O5. The molecule has 0 saturated heterocycles. The fraction of sp³-hybridized carbons (Fsp3) is 0.154. The van der Waals surface area contributed by atoms with Gasteiger partial charge in [-0.25, -0.2) is 0 Å². The Morgan fingerprint density at radius 3 is 1.74 bits per heavy atom. The van der Waals surface area contributed by atoms with E-state index in [0.29, 0.717) is 17.8 Å². The fourth-order valence-corrected chi connectivity index (χ4v) is 13.9. The van der Waals surface area contributed by atoms with Gasteiger partial charge in [0.2, 0.25) is 0 Å². The van der Waals surface area contributed by atoms with Gasteiger partial charge in [-0.05, 0) is 162 Å². The number of allylic oxidation sites excluding steroid dienone is 3. The van der Waals surface area contributed by atoms with Gasteiger partial charge in [0, 0.05) is 78.4 Å². The van der Waals surface area contributed by atoms with Crippen LogP contribution in [0.1, 0.15) is 92.9 Å². The average molecular weight is 1110 g/mol. The lowest BCUT2D eigenvalue weighted by Gasteiger charge is -2.31. The van der Waals surface area contributed by atoms with Crippen molar-refractivity contribution in [2.24, 2.45) is 0 Å². The number of nitrogens with zero attached hydrogens (tertiary/aromatic N) is 2. The van der Waals surface area contributed by atoms with Gasteiger partial charge in [0.25, 0.3) is 0 Å². The molecule has 3 aromatic heterocycles. The molecule has 0 N–H and O–H groups in total. The number of para-hydroxylation sites is 3. The molecule has 0 saturated carbocycles. The van der Waals surface area contributed by atoms with E-state index in [-0.39, 0.29) is 12.0 Å². The van der Waals surface area contributed by atoms with Gasteiger partial charge in [-0.2, -0.15) is 0 Å². The second-order valence-corrected chi connectivity index (χ2v) is 24.1. The van der Waals surface area contributed by atoms with Crippen LogP contribution in [-0.4, -0.2) is 6.10 Å². The van der Waals surface area contributed by atoms with Gasteiger partial charge in [-0.15, -0.1) is 0 Å². The summed E-state index contributed by atoms with van der Waals surface area (Å²) in [7, 11) is 0. The van der Waals surface area contributed by atoms with Crippen molar-refractivity contribution >= 4 is 94.3 Å². The fourth-order valence-electron chi connectivity index (χ4n) is 13.9. The van der Waals surface area contributed by atoms with Crippen LogP contribution in [0.2, 0.25) is 0 Å². The molecule has 412 valence electrons. The summed E-state index contributed by atoms with van der Waals surface area (Å²) in [5.74, 6) is 4.14. The van der Waals surface area contributed by atoms with E-state index in [2.05, 4.69) is 250 Å². The lowest BCUT2D eigenvalue weighted by molar-refractivity contribution is 0.268. The molecule has 7 nitrogen and oxygen atoms in total. The maximum Gasteiger partial charge on any atom is 0.159 e. The molecule has 5 heterocycles. The second kappa shape index (κ2) is 19.3. The number of anilines is 5. The highest BCUT2D eigenvalue weighted by atomic mass is 16.5. The van der Waals surface area contributed by atoms with E-state index in [4.69, 9.17) is 22.7 Å². The summed E-state index contributed by atoms with van der Waals surface area (Å²) >= 11 is 0. The van der Waals surface area contributed by atoms with Crippen LogP contribution in [0.15, 0.2) is 249 Å². The Morgan fingerprint density at radius 2 is 1.04 bits per heavy atom. The summed E-state index contributed by atoms with van der Waals surface area (Å²) in [5.41, 5.74) is 20.6. The minimum atomic E-state index is -0.230. The first-order valence-electron chi connectivity index (χ1n) is 30.1. The van der Waals surface area contributed by atoms with Crippen LogP contribution in [0.4, 0.5) is 28.4 Å². The molecule has 13 aromatic rings. The maximum absolute atomic E-state index is 7.02. The Balaban J connectivity index is 0.715. The monoisotopic (exact) mass is 1100 g/mol. The summed E-state index contributed by atoms with van der Waals surface area (Å²) < 4.78 is 34.2. The molecule has 0 fully saturated rings. The SMILES string of the molecule is CC(C)c1ccc(-c2ccc(N(C3=CC4Oc5cc6c(cc5C4C=C3)oc3cc4c(cc36)oc3cc(N(c5ccc(-c6ccc(C(C)C)cc6)cc5)c5cccc6c5oc5ccccc56)ccc34)c3cccc4c3OC3=CCCCC34)cc2)cc1. The molecule has 2 aliphatic carbocycles. The topological polar surface area (TPSA) is 64.4 Å². The van der Waals surface area contributed by atoms with E-state index in [1.165, 1.54) is 39.8 Å². The summed E-state index contributed by atoms with van der Waals surface area (Å²) in [6, 6.07) is 72.1. The van der Waals surface area contributed by atoms with Crippen molar-refractivity contribution in [2.75, 3.05) is 9.80 Å². The summed E-state index contributed by atoms with van der Waals surface area (Å²) in [5, 5.41) is 6.12. The van der Waals surface area contributed by atoms with Crippen molar-refractivity contribution in [3.05, 3.63) is 258 Å². The van der Waals surface area contributed by atoms with Gasteiger partial charge in [0.05, 0.1) is 17.1 Å². The largest absolute Gasteiger partial charge is 0.485 e. The second-order valence-electron chi connectivity index (χ2n) is 24.1. The first-order valence-corrected chi connectivity index (χ1v) is 30.1. The van der Waals surface area contributed by atoms with Gasteiger partial charge in [-0.3, -0.25) is 0 Å². The Hall–Kier alpha value is -9.98. The zero-order valence-electron chi connectivity index (χ0n) is 47.8. The van der Waals surface area contributed by atoms with E-state index in [9.17, 15) is 0 Å². The molecule has 17 rings (SSSR count). The standard InChI is InChI=1S/C78H60N2O5/c1-45(2)47-19-23-49(24-20-47)51-27-31-53(32-28-51)79(67-15-9-13-61-57-11-5-7-17-69(57)84-77(61)67)55-35-37-59-63-41-75-65(43-73(63)81-71(59)39-55)66-44-74-64(42-76(66)83-75)60-38-36-56(40-72(60)82-74)80(68-16-10-14-62-58-12-6-8-18-70(58)85-78(62)68)54-33-29-52(30-34-54)50-25-21-48(22-26-50)46(3)4/h5,7,9-11,13-46,58,60,72H,6,8,12H2,1-4H3. The van der Waals surface area contributed by atoms with E-state index in [0.717, 1.165) is 141 Å². The van der Waals surface area contributed by atoms with Gasteiger partial charge in [0.15, 0.2) is 11.3 Å². The van der Waals surface area contributed by atoms with E-state index in [1.54, 1.807) is 0 Å². The van der Waals surface area contributed by atoms with Crippen LogP contribution in [-0.2, 0) is 0 Å². The van der Waals surface area contributed by atoms with Gasteiger partial charge < -0.3 is 32.5 Å². The van der Waals surface area contributed by atoms with Crippen LogP contribution in [0.3, 0.4) is 0 Å². The molecule has 0 radical (unpaired) electrons. The molecular weight excluding hydrogens is 1040 g/mol. The van der Waals surface area contributed by atoms with Gasteiger partial charge in [-0.1, -0.05) is 149 Å².